The topological polar surface area (TPSA) is 0 Å². The molecule has 22 heavy (non-hydrogen) atoms. The molecule has 110 valence electrons. The first-order valence-electron chi connectivity index (χ1n) is 6.87. The summed E-state index contributed by atoms with van der Waals surface area (Å²) in [6, 6.07) is 17.5. The highest BCUT2D eigenvalue weighted by molar-refractivity contribution is 5.73. The fourth-order valence-electron chi connectivity index (χ4n) is 2.51. The molecule has 0 fully saturated rings. The summed E-state index contributed by atoms with van der Waals surface area (Å²) in [5, 5.41) is 0. The van der Waals surface area contributed by atoms with Crippen molar-refractivity contribution in [1.82, 2.24) is 0 Å². The van der Waals surface area contributed by atoms with Gasteiger partial charge >= 0.3 is 0 Å². The summed E-state index contributed by atoms with van der Waals surface area (Å²) >= 11 is 0. The van der Waals surface area contributed by atoms with Gasteiger partial charge in [0.25, 0.3) is 0 Å². The zero-order valence-electron chi connectivity index (χ0n) is 11.9. The van der Waals surface area contributed by atoms with Gasteiger partial charge in [-0.05, 0) is 46.9 Å². The van der Waals surface area contributed by atoms with Crippen LogP contribution in [0.25, 0.3) is 22.3 Å². The lowest BCUT2D eigenvalue weighted by Crippen LogP contribution is -1.93. The summed E-state index contributed by atoms with van der Waals surface area (Å²) in [6.07, 6.45) is 0. The maximum atomic E-state index is 13.4. The standard InChI is InChI=1S/C19H13F3/c1-12-9-14(13-5-3-2-4-6-13)7-8-16(12)15-10-17(20)19(22)18(21)11-15/h2-11H,1H3. The van der Waals surface area contributed by atoms with Crippen LogP contribution in [-0.4, -0.2) is 0 Å². The third kappa shape index (κ3) is 2.62. The van der Waals surface area contributed by atoms with E-state index in [1.165, 1.54) is 0 Å². The molecule has 0 bridgehead atoms. The number of aryl methyl sites for hydroxylation is 1. The van der Waals surface area contributed by atoms with Gasteiger partial charge in [-0.25, -0.2) is 13.2 Å². The van der Waals surface area contributed by atoms with E-state index >= 15 is 0 Å². The molecule has 0 aromatic heterocycles. The van der Waals surface area contributed by atoms with Gasteiger partial charge in [0.15, 0.2) is 17.5 Å². The van der Waals surface area contributed by atoms with Gasteiger partial charge in [0.1, 0.15) is 0 Å². The molecule has 0 atom stereocenters. The maximum absolute atomic E-state index is 13.4. The van der Waals surface area contributed by atoms with Gasteiger partial charge < -0.3 is 0 Å². The minimum atomic E-state index is -1.44. The third-order valence-electron chi connectivity index (χ3n) is 3.63. The highest BCUT2D eigenvalue weighted by Gasteiger charge is 2.13. The second-order valence-corrected chi connectivity index (χ2v) is 5.15. The minimum Gasteiger partial charge on any atom is -0.204 e. The van der Waals surface area contributed by atoms with E-state index in [1.54, 1.807) is 6.07 Å². The smallest absolute Gasteiger partial charge is 0.194 e. The normalized spacial score (nSPS) is 10.7. The Hall–Kier alpha value is -2.55. The predicted molar refractivity (Wildman–Crippen MR) is 81.9 cm³/mol. The van der Waals surface area contributed by atoms with E-state index < -0.39 is 17.5 Å². The molecule has 0 nitrogen and oxygen atoms in total. The number of hydrogen-bond acceptors (Lipinski definition) is 0. The molecule has 0 N–H and O–H groups in total. The van der Waals surface area contributed by atoms with E-state index in [0.717, 1.165) is 28.8 Å². The number of benzene rings is 3. The minimum absolute atomic E-state index is 0.327. The van der Waals surface area contributed by atoms with Gasteiger partial charge in [0, 0.05) is 0 Å². The van der Waals surface area contributed by atoms with Crippen LogP contribution in [0, 0.1) is 24.4 Å². The molecule has 0 radical (unpaired) electrons. The van der Waals surface area contributed by atoms with Crippen molar-refractivity contribution in [2.75, 3.05) is 0 Å². The summed E-state index contributed by atoms with van der Waals surface area (Å²) < 4.78 is 39.8. The van der Waals surface area contributed by atoms with E-state index in [-0.39, 0.29) is 0 Å². The Morgan fingerprint density at radius 3 is 1.86 bits per heavy atom. The second kappa shape index (κ2) is 5.68. The SMILES string of the molecule is Cc1cc(-c2ccccc2)ccc1-c1cc(F)c(F)c(F)c1. The fourth-order valence-corrected chi connectivity index (χ4v) is 2.51. The molecule has 0 spiro atoms. The van der Waals surface area contributed by atoms with Crippen LogP contribution in [-0.2, 0) is 0 Å². The molecule has 0 aliphatic rings. The predicted octanol–water partition coefficient (Wildman–Crippen LogP) is 5.75. The number of halogens is 3. The molecule has 0 amide bonds. The lowest BCUT2D eigenvalue weighted by atomic mass is 9.95. The van der Waals surface area contributed by atoms with Crippen LogP contribution < -0.4 is 0 Å². The molecule has 0 aliphatic carbocycles. The summed E-state index contributed by atoms with van der Waals surface area (Å²) in [5.41, 5.74) is 3.95. The molecule has 0 saturated heterocycles. The van der Waals surface area contributed by atoms with Crippen LogP contribution in [0.5, 0.6) is 0 Å². The van der Waals surface area contributed by atoms with Gasteiger partial charge in [-0.3, -0.25) is 0 Å². The van der Waals surface area contributed by atoms with E-state index in [1.807, 2.05) is 49.4 Å². The average molecular weight is 298 g/mol. The lowest BCUT2D eigenvalue weighted by Gasteiger charge is -2.10. The summed E-state index contributed by atoms with van der Waals surface area (Å²) in [4.78, 5) is 0. The Kier molecular flexibility index (Phi) is 3.72. The van der Waals surface area contributed by atoms with Crippen molar-refractivity contribution in [2.45, 2.75) is 6.92 Å². The quantitative estimate of drug-likeness (QED) is 0.529. The Bertz CT molecular complexity index is 800. The molecule has 0 heterocycles. The van der Waals surface area contributed by atoms with Gasteiger partial charge in [0.2, 0.25) is 0 Å². The fraction of sp³-hybridized carbons (Fsp3) is 0.0526. The van der Waals surface area contributed by atoms with Crippen LogP contribution in [0.15, 0.2) is 60.7 Å². The van der Waals surface area contributed by atoms with Crippen molar-refractivity contribution >= 4 is 0 Å². The molecule has 0 saturated carbocycles. The highest BCUT2D eigenvalue weighted by Crippen LogP contribution is 2.30. The van der Waals surface area contributed by atoms with Crippen LogP contribution in [0.1, 0.15) is 5.56 Å². The van der Waals surface area contributed by atoms with Crippen molar-refractivity contribution in [3.05, 3.63) is 83.7 Å². The zero-order valence-corrected chi connectivity index (χ0v) is 11.9. The Morgan fingerprint density at radius 1 is 0.636 bits per heavy atom. The third-order valence-corrected chi connectivity index (χ3v) is 3.63. The van der Waals surface area contributed by atoms with E-state index in [4.69, 9.17) is 0 Å². The Morgan fingerprint density at radius 2 is 1.27 bits per heavy atom. The van der Waals surface area contributed by atoms with E-state index in [2.05, 4.69) is 0 Å². The van der Waals surface area contributed by atoms with Crippen LogP contribution in [0.3, 0.4) is 0 Å². The lowest BCUT2D eigenvalue weighted by molar-refractivity contribution is 0.447. The van der Waals surface area contributed by atoms with Crippen molar-refractivity contribution < 1.29 is 13.2 Å². The summed E-state index contributed by atoms with van der Waals surface area (Å²) in [6.45, 7) is 1.86. The summed E-state index contributed by atoms with van der Waals surface area (Å²) in [5.74, 6) is -3.80. The van der Waals surface area contributed by atoms with Gasteiger partial charge in [-0.15, -0.1) is 0 Å². The van der Waals surface area contributed by atoms with Crippen LogP contribution in [0.2, 0.25) is 0 Å². The molecule has 3 heteroatoms. The van der Waals surface area contributed by atoms with Crippen molar-refractivity contribution in [3.8, 4) is 22.3 Å². The van der Waals surface area contributed by atoms with Gasteiger partial charge in [0.05, 0.1) is 0 Å². The van der Waals surface area contributed by atoms with E-state index in [9.17, 15) is 13.2 Å². The highest BCUT2D eigenvalue weighted by atomic mass is 19.2. The largest absolute Gasteiger partial charge is 0.204 e. The summed E-state index contributed by atoms with van der Waals surface area (Å²) in [7, 11) is 0. The zero-order chi connectivity index (χ0) is 15.7. The first-order valence-corrected chi connectivity index (χ1v) is 6.87. The van der Waals surface area contributed by atoms with Crippen molar-refractivity contribution in [3.63, 3.8) is 0 Å². The molecular weight excluding hydrogens is 285 g/mol. The molecule has 0 unspecified atom stereocenters. The first kappa shape index (κ1) is 14.4. The Balaban J connectivity index is 2.07. The van der Waals surface area contributed by atoms with Crippen molar-refractivity contribution in [2.24, 2.45) is 0 Å². The van der Waals surface area contributed by atoms with Gasteiger partial charge in [-0.2, -0.15) is 0 Å². The maximum Gasteiger partial charge on any atom is 0.194 e. The first-order chi connectivity index (χ1) is 10.6. The molecule has 3 rings (SSSR count). The monoisotopic (exact) mass is 298 g/mol. The van der Waals surface area contributed by atoms with Crippen LogP contribution >= 0.6 is 0 Å². The number of hydrogen-bond donors (Lipinski definition) is 0. The molecule has 0 aliphatic heterocycles. The van der Waals surface area contributed by atoms with E-state index in [0.29, 0.717) is 11.1 Å². The second-order valence-electron chi connectivity index (χ2n) is 5.15. The Labute approximate surface area is 126 Å². The molecule has 3 aromatic rings. The van der Waals surface area contributed by atoms with Crippen LogP contribution in [0.4, 0.5) is 13.2 Å². The number of rotatable bonds is 2. The molecule has 3 aromatic carbocycles. The average Bonchev–Trinajstić information content (AvgIpc) is 2.53. The molecular formula is C19H13F3. The van der Waals surface area contributed by atoms with Gasteiger partial charge in [-0.1, -0.05) is 48.5 Å². The van der Waals surface area contributed by atoms with Crippen molar-refractivity contribution in [1.29, 1.82) is 0 Å².